The summed E-state index contributed by atoms with van der Waals surface area (Å²) in [5, 5.41) is 0. The van der Waals surface area contributed by atoms with Gasteiger partial charge in [0.15, 0.2) is 0 Å². The molecule has 5 heteroatoms. The fourth-order valence-corrected chi connectivity index (χ4v) is 4.56. The van der Waals surface area contributed by atoms with Crippen molar-refractivity contribution in [3.8, 4) is 0 Å². The first kappa shape index (κ1) is 16.0. The van der Waals surface area contributed by atoms with Crippen LogP contribution in [-0.2, 0) is 16.0 Å². The highest BCUT2D eigenvalue weighted by atomic mass is 19.1. The number of morpholine rings is 1. The summed E-state index contributed by atoms with van der Waals surface area (Å²) in [7, 11) is 0. The maximum absolute atomic E-state index is 13.4. The molecule has 0 bridgehead atoms. The van der Waals surface area contributed by atoms with Crippen LogP contribution in [0.25, 0.3) is 0 Å². The molecule has 1 unspecified atom stereocenters. The van der Waals surface area contributed by atoms with Crippen molar-refractivity contribution in [2.24, 2.45) is 5.73 Å². The van der Waals surface area contributed by atoms with Crippen molar-refractivity contribution in [3.05, 3.63) is 35.1 Å². The number of amides is 1. The lowest BCUT2D eigenvalue weighted by molar-refractivity contribution is -0.158. The second-order valence-corrected chi connectivity index (χ2v) is 7.56. The second-order valence-electron chi connectivity index (χ2n) is 7.56. The van der Waals surface area contributed by atoms with E-state index in [1.54, 1.807) is 12.1 Å². The van der Waals surface area contributed by atoms with Crippen LogP contribution in [0.1, 0.15) is 49.1 Å². The Morgan fingerprint density at radius 3 is 2.88 bits per heavy atom. The summed E-state index contributed by atoms with van der Waals surface area (Å²) in [6.07, 6.45) is 5.37. The number of rotatable bonds is 1. The van der Waals surface area contributed by atoms with E-state index in [2.05, 4.69) is 0 Å². The molecule has 1 saturated heterocycles. The zero-order valence-corrected chi connectivity index (χ0v) is 14.0. The second kappa shape index (κ2) is 6.12. The maximum atomic E-state index is 13.4. The SMILES string of the molecule is NC1CCC2(CC1)CN(C(=O)C1CCc3cc(F)ccc31)CCO2. The summed E-state index contributed by atoms with van der Waals surface area (Å²) < 4.78 is 19.5. The number of fused-ring (bicyclic) bond motifs is 1. The van der Waals surface area contributed by atoms with Crippen LogP contribution in [0, 0.1) is 5.82 Å². The van der Waals surface area contributed by atoms with Crippen LogP contribution >= 0.6 is 0 Å². The smallest absolute Gasteiger partial charge is 0.230 e. The zero-order valence-electron chi connectivity index (χ0n) is 14.0. The van der Waals surface area contributed by atoms with Gasteiger partial charge in [-0.2, -0.15) is 0 Å². The fraction of sp³-hybridized carbons (Fsp3) is 0.632. The number of nitrogens with zero attached hydrogens (tertiary/aromatic N) is 1. The summed E-state index contributed by atoms with van der Waals surface area (Å²) in [6.45, 7) is 1.93. The quantitative estimate of drug-likeness (QED) is 0.859. The summed E-state index contributed by atoms with van der Waals surface area (Å²) in [5.41, 5.74) is 7.81. The largest absolute Gasteiger partial charge is 0.371 e. The van der Waals surface area contributed by atoms with Crippen LogP contribution in [0.2, 0.25) is 0 Å². The lowest BCUT2D eigenvalue weighted by atomic mass is 9.81. The Kier molecular flexibility index (Phi) is 4.09. The molecule has 2 aliphatic carbocycles. The Bertz CT molecular complexity index is 640. The van der Waals surface area contributed by atoms with Crippen LogP contribution < -0.4 is 5.73 Å². The third kappa shape index (κ3) is 2.84. The number of carbonyl (C=O) groups excluding carboxylic acids is 1. The lowest BCUT2D eigenvalue weighted by Gasteiger charge is -2.46. The van der Waals surface area contributed by atoms with E-state index < -0.39 is 0 Å². The number of hydrogen-bond acceptors (Lipinski definition) is 3. The van der Waals surface area contributed by atoms with E-state index in [-0.39, 0.29) is 29.3 Å². The van der Waals surface area contributed by atoms with Crippen LogP contribution in [0.15, 0.2) is 18.2 Å². The van der Waals surface area contributed by atoms with Gasteiger partial charge in [0.25, 0.3) is 0 Å². The van der Waals surface area contributed by atoms with Gasteiger partial charge in [0.1, 0.15) is 5.82 Å². The van der Waals surface area contributed by atoms with Crippen molar-refractivity contribution in [3.63, 3.8) is 0 Å². The summed E-state index contributed by atoms with van der Waals surface area (Å²) in [6, 6.07) is 5.09. The Morgan fingerprint density at radius 1 is 1.29 bits per heavy atom. The number of halogens is 1. The summed E-state index contributed by atoms with van der Waals surface area (Å²) in [4.78, 5) is 15.1. The molecule has 1 aliphatic heterocycles. The average Bonchev–Trinajstić information content (AvgIpc) is 3.00. The zero-order chi connectivity index (χ0) is 16.7. The van der Waals surface area contributed by atoms with E-state index in [0.29, 0.717) is 19.7 Å². The summed E-state index contributed by atoms with van der Waals surface area (Å²) >= 11 is 0. The molecule has 0 radical (unpaired) electrons. The van der Waals surface area contributed by atoms with E-state index in [1.165, 1.54) is 6.07 Å². The molecule has 1 heterocycles. The molecule has 4 nitrogen and oxygen atoms in total. The number of nitrogens with two attached hydrogens (primary N) is 1. The molecule has 1 aromatic rings. The molecule has 1 amide bonds. The van der Waals surface area contributed by atoms with Crippen molar-refractivity contribution < 1.29 is 13.9 Å². The van der Waals surface area contributed by atoms with E-state index in [9.17, 15) is 9.18 Å². The molecular formula is C19H25FN2O2. The van der Waals surface area contributed by atoms with Gasteiger partial charge in [-0.3, -0.25) is 4.79 Å². The Balaban J connectivity index is 1.49. The molecule has 130 valence electrons. The third-order valence-corrected chi connectivity index (χ3v) is 5.98. The van der Waals surface area contributed by atoms with Crippen LogP contribution in [0.3, 0.4) is 0 Å². The van der Waals surface area contributed by atoms with E-state index in [1.807, 2.05) is 4.90 Å². The first-order chi connectivity index (χ1) is 11.6. The van der Waals surface area contributed by atoms with Gasteiger partial charge in [-0.25, -0.2) is 4.39 Å². The molecule has 1 spiro atoms. The minimum absolute atomic E-state index is 0.124. The van der Waals surface area contributed by atoms with Gasteiger partial charge in [-0.15, -0.1) is 0 Å². The van der Waals surface area contributed by atoms with Crippen molar-refractivity contribution >= 4 is 5.91 Å². The summed E-state index contributed by atoms with van der Waals surface area (Å²) in [5.74, 6) is -0.162. The van der Waals surface area contributed by atoms with Crippen molar-refractivity contribution in [2.45, 2.75) is 56.1 Å². The Labute approximate surface area is 142 Å². The third-order valence-electron chi connectivity index (χ3n) is 5.98. The normalized spacial score (nSPS) is 32.8. The van der Waals surface area contributed by atoms with Crippen molar-refractivity contribution in [1.29, 1.82) is 0 Å². The minimum Gasteiger partial charge on any atom is -0.371 e. The molecule has 24 heavy (non-hydrogen) atoms. The molecule has 2 N–H and O–H groups in total. The predicted molar refractivity (Wildman–Crippen MR) is 89.2 cm³/mol. The molecule has 3 aliphatic rings. The molecule has 1 atom stereocenters. The van der Waals surface area contributed by atoms with E-state index >= 15 is 0 Å². The highest BCUT2D eigenvalue weighted by Crippen LogP contribution is 2.38. The van der Waals surface area contributed by atoms with E-state index in [0.717, 1.165) is 49.7 Å². The fourth-order valence-electron chi connectivity index (χ4n) is 4.56. The van der Waals surface area contributed by atoms with Crippen LogP contribution in [-0.4, -0.2) is 42.1 Å². The van der Waals surface area contributed by atoms with Gasteiger partial charge in [0.2, 0.25) is 5.91 Å². The van der Waals surface area contributed by atoms with Gasteiger partial charge < -0.3 is 15.4 Å². The molecule has 4 rings (SSSR count). The molecule has 2 fully saturated rings. The number of hydrogen-bond donors (Lipinski definition) is 1. The van der Waals surface area contributed by atoms with Gasteiger partial charge in [-0.1, -0.05) is 6.07 Å². The molecule has 1 saturated carbocycles. The monoisotopic (exact) mass is 332 g/mol. The Hall–Kier alpha value is -1.46. The highest BCUT2D eigenvalue weighted by Gasteiger charge is 2.42. The molecule has 1 aromatic carbocycles. The standard InChI is InChI=1S/C19H25FN2O2/c20-14-2-4-16-13(11-14)1-3-17(16)18(23)22-9-10-24-19(12-22)7-5-15(21)6-8-19/h2,4,11,15,17H,1,3,5-10,12,21H2. The minimum atomic E-state index is -0.217. The maximum Gasteiger partial charge on any atom is 0.230 e. The van der Waals surface area contributed by atoms with Crippen molar-refractivity contribution in [1.82, 2.24) is 4.90 Å². The number of benzene rings is 1. The predicted octanol–water partition coefficient (Wildman–Crippen LogP) is 2.35. The number of ether oxygens (including phenoxy) is 1. The van der Waals surface area contributed by atoms with E-state index in [4.69, 9.17) is 10.5 Å². The lowest BCUT2D eigenvalue weighted by Crippen LogP contribution is -2.56. The number of aryl methyl sites for hydroxylation is 1. The highest BCUT2D eigenvalue weighted by molar-refractivity contribution is 5.85. The van der Waals surface area contributed by atoms with Gasteiger partial charge in [0, 0.05) is 19.1 Å². The Morgan fingerprint density at radius 2 is 2.08 bits per heavy atom. The van der Waals surface area contributed by atoms with Gasteiger partial charge in [-0.05, 0) is 61.8 Å². The first-order valence-electron chi connectivity index (χ1n) is 9.03. The molecular weight excluding hydrogens is 307 g/mol. The van der Waals surface area contributed by atoms with Gasteiger partial charge in [0.05, 0.1) is 18.1 Å². The topological polar surface area (TPSA) is 55.6 Å². The van der Waals surface area contributed by atoms with Crippen LogP contribution in [0.5, 0.6) is 0 Å². The van der Waals surface area contributed by atoms with Gasteiger partial charge >= 0.3 is 0 Å². The van der Waals surface area contributed by atoms with Crippen molar-refractivity contribution in [2.75, 3.05) is 19.7 Å². The molecule has 0 aromatic heterocycles. The first-order valence-corrected chi connectivity index (χ1v) is 9.03. The average molecular weight is 332 g/mol. The number of carbonyl (C=O) groups is 1. The van der Waals surface area contributed by atoms with Crippen LogP contribution in [0.4, 0.5) is 4.39 Å².